The van der Waals surface area contributed by atoms with Crippen molar-refractivity contribution in [2.75, 3.05) is 7.11 Å². The predicted molar refractivity (Wildman–Crippen MR) is 78.1 cm³/mol. The van der Waals surface area contributed by atoms with Crippen molar-refractivity contribution in [1.82, 2.24) is 9.97 Å². The molecular formula is C16H18N2O2. The van der Waals surface area contributed by atoms with Gasteiger partial charge in [0.25, 0.3) is 5.56 Å². The van der Waals surface area contributed by atoms with E-state index >= 15 is 0 Å². The maximum atomic E-state index is 11.8. The molecule has 0 amide bonds. The average Bonchev–Trinajstić information content (AvgIpc) is 3.01. The molecule has 0 unspecified atom stereocenters. The molecule has 0 saturated heterocycles. The molecule has 2 aromatic rings. The van der Waals surface area contributed by atoms with Gasteiger partial charge >= 0.3 is 0 Å². The van der Waals surface area contributed by atoms with Crippen LogP contribution in [0.5, 0.6) is 5.75 Å². The Bertz CT molecular complexity index is 640. The standard InChI is InChI=1S/C16H18N2O2/c1-20-13-8-6-12(7-9-13)16-17-14(10-15(19)18-16)11-4-2-3-5-11/h6-11H,2-5H2,1H3,(H,17,18,19). The van der Waals surface area contributed by atoms with E-state index in [9.17, 15) is 4.79 Å². The number of H-pyrrole nitrogens is 1. The Morgan fingerprint density at radius 2 is 1.90 bits per heavy atom. The Balaban J connectivity index is 1.97. The highest BCUT2D eigenvalue weighted by atomic mass is 16.5. The number of rotatable bonds is 3. The summed E-state index contributed by atoms with van der Waals surface area (Å²) in [4.78, 5) is 19.3. The first kappa shape index (κ1) is 12.9. The summed E-state index contributed by atoms with van der Waals surface area (Å²) in [5.74, 6) is 1.87. The van der Waals surface area contributed by atoms with Gasteiger partial charge in [0, 0.05) is 17.5 Å². The van der Waals surface area contributed by atoms with Crippen molar-refractivity contribution < 1.29 is 4.74 Å². The Morgan fingerprint density at radius 3 is 2.55 bits per heavy atom. The lowest BCUT2D eigenvalue weighted by Crippen LogP contribution is -2.12. The number of benzene rings is 1. The summed E-state index contributed by atoms with van der Waals surface area (Å²) in [6.07, 6.45) is 4.74. The van der Waals surface area contributed by atoms with Crippen molar-refractivity contribution in [3.8, 4) is 17.1 Å². The molecule has 1 aliphatic carbocycles. The molecule has 0 radical (unpaired) electrons. The van der Waals surface area contributed by atoms with Crippen LogP contribution in [0.25, 0.3) is 11.4 Å². The second-order valence-corrected chi connectivity index (χ2v) is 5.23. The van der Waals surface area contributed by atoms with Gasteiger partial charge in [0.05, 0.1) is 12.8 Å². The molecule has 1 saturated carbocycles. The molecule has 1 aromatic carbocycles. The number of nitrogens with zero attached hydrogens (tertiary/aromatic N) is 1. The number of hydrogen-bond acceptors (Lipinski definition) is 3. The van der Waals surface area contributed by atoms with Gasteiger partial charge in [0.1, 0.15) is 11.6 Å². The van der Waals surface area contributed by atoms with Crippen LogP contribution in [0.15, 0.2) is 35.1 Å². The zero-order valence-electron chi connectivity index (χ0n) is 11.6. The minimum absolute atomic E-state index is 0.0762. The summed E-state index contributed by atoms with van der Waals surface area (Å²) in [5, 5.41) is 0. The minimum Gasteiger partial charge on any atom is -0.497 e. The second kappa shape index (κ2) is 5.49. The van der Waals surface area contributed by atoms with E-state index in [1.807, 2.05) is 24.3 Å². The van der Waals surface area contributed by atoms with Gasteiger partial charge < -0.3 is 9.72 Å². The SMILES string of the molecule is COc1ccc(-c2nc(C3CCCC3)cc(=O)[nH]2)cc1. The molecule has 0 bridgehead atoms. The molecule has 1 fully saturated rings. The molecule has 4 heteroatoms. The van der Waals surface area contributed by atoms with Gasteiger partial charge in [-0.2, -0.15) is 0 Å². The Morgan fingerprint density at radius 1 is 1.20 bits per heavy atom. The summed E-state index contributed by atoms with van der Waals surface area (Å²) >= 11 is 0. The van der Waals surface area contributed by atoms with Crippen molar-refractivity contribution in [2.45, 2.75) is 31.6 Å². The smallest absolute Gasteiger partial charge is 0.251 e. The number of hydrogen-bond donors (Lipinski definition) is 1. The summed E-state index contributed by atoms with van der Waals surface area (Å²) in [6.45, 7) is 0. The lowest BCUT2D eigenvalue weighted by atomic mass is 10.0. The molecule has 104 valence electrons. The van der Waals surface area contributed by atoms with E-state index in [1.165, 1.54) is 12.8 Å². The Labute approximate surface area is 117 Å². The van der Waals surface area contributed by atoms with Gasteiger partial charge in [-0.05, 0) is 37.1 Å². The summed E-state index contributed by atoms with van der Waals surface area (Å²) < 4.78 is 5.14. The highest BCUT2D eigenvalue weighted by Crippen LogP contribution is 2.33. The fraction of sp³-hybridized carbons (Fsp3) is 0.375. The highest BCUT2D eigenvalue weighted by molar-refractivity contribution is 5.56. The lowest BCUT2D eigenvalue weighted by molar-refractivity contribution is 0.415. The third kappa shape index (κ3) is 2.59. The molecule has 4 nitrogen and oxygen atoms in total. The van der Waals surface area contributed by atoms with Crippen LogP contribution in [0.1, 0.15) is 37.3 Å². The number of ether oxygens (including phenoxy) is 1. The van der Waals surface area contributed by atoms with Crippen molar-refractivity contribution in [1.29, 1.82) is 0 Å². The van der Waals surface area contributed by atoms with Crippen LogP contribution in [-0.4, -0.2) is 17.1 Å². The van der Waals surface area contributed by atoms with Gasteiger partial charge in [-0.1, -0.05) is 12.8 Å². The van der Waals surface area contributed by atoms with E-state index in [1.54, 1.807) is 13.2 Å². The van der Waals surface area contributed by atoms with Gasteiger partial charge in [-0.3, -0.25) is 4.79 Å². The normalized spacial score (nSPS) is 15.4. The monoisotopic (exact) mass is 270 g/mol. The van der Waals surface area contributed by atoms with Gasteiger partial charge in [0.15, 0.2) is 0 Å². The van der Waals surface area contributed by atoms with Gasteiger partial charge in [0.2, 0.25) is 0 Å². The first-order valence-electron chi connectivity index (χ1n) is 7.02. The van der Waals surface area contributed by atoms with Crippen LogP contribution in [0.3, 0.4) is 0 Å². The van der Waals surface area contributed by atoms with Crippen LogP contribution in [0.4, 0.5) is 0 Å². The van der Waals surface area contributed by atoms with E-state index < -0.39 is 0 Å². The summed E-state index contributed by atoms with van der Waals surface area (Å²) in [7, 11) is 1.63. The first-order valence-corrected chi connectivity index (χ1v) is 7.02. The highest BCUT2D eigenvalue weighted by Gasteiger charge is 2.19. The molecular weight excluding hydrogens is 252 g/mol. The van der Waals surface area contributed by atoms with Crippen LogP contribution >= 0.6 is 0 Å². The van der Waals surface area contributed by atoms with E-state index in [0.717, 1.165) is 29.8 Å². The first-order chi connectivity index (χ1) is 9.76. The fourth-order valence-corrected chi connectivity index (χ4v) is 2.79. The Kier molecular flexibility index (Phi) is 3.54. The van der Waals surface area contributed by atoms with E-state index in [-0.39, 0.29) is 5.56 Å². The molecule has 3 rings (SSSR count). The van der Waals surface area contributed by atoms with Crippen LogP contribution in [0.2, 0.25) is 0 Å². The molecule has 0 spiro atoms. The molecule has 1 aliphatic rings. The van der Waals surface area contributed by atoms with E-state index in [2.05, 4.69) is 9.97 Å². The zero-order chi connectivity index (χ0) is 13.9. The van der Waals surface area contributed by atoms with E-state index in [0.29, 0.717) is 11.7 Å². The largest absolute Gasteiger partial charge is 0.497 e. The minimum atomic E-state index is -0.0762. The summed E-state index contributed by atoms with van der Waals surface area (Å²) in [5.41, 5.74) is 1.76. The number of aromatic nitrogens is 2. The number of methoxy groups -OCH3 is 1. The summed E-state index contributed by atoms with van der Waals surface area (Å²) in [6, 6.07) is 9.21. The molecule has 0 atom stereocenters. The number of nitrogens with one attached hydrogen (secondary N) is 1. The quantitative estimate of drug-likeness (QED) is 0.932. The lowest BCUT2D eigenvalue weighted by Gasteiger charge is -2.10. The molecule has 1 heterocycles. The van der Waals surface area contributed by atoms with Gasteiger partial charge in [-0.25, -0.2) is 4.98 Å². The van der Waals surface area contributed by atoms with Gasteiger partial charge in [-0.15, -0.1) is 0 Å². The van der Waals surface area contributed by atoms with Crippen LogP contribution < -0.4 is 10.3 Å². The molecule has 1 aromatic heterocycles. The van der Waals surface area contributed by atoms with Crippen molar-refractivity contribution in [3.63, 3.8) is 0 Å². The van der Waals surface area contributed by atoms with Crippen LogP contribution in [0, 0.1) is 0 Å². The van der Waals surface area contributed by atoms with Crippen LogP contribution in [-0.2, 0) is 0 Å². The Hall–Kier alpha value is -2.10. The third-order valence-electron chi connectivity index (χ3n) is 3.90. The predicted octanol–water partition coefficient (Wildman–Crippen LogP) is 3.10. The maximum absolute atomic E-state index is 11.8. The zero-order valence-corrected chi connectivity index (χ0v) is 11.6. The van der Waals surface area contributed by atoms with E-state index in [4.69, 9.17) is 4.74 Å². The second-order valence-electron chi connectivity index (χ2n) is 5.23. The average molecular weight is 270 g/mol. The molecule has 0 aliphatic heterocycles. The van der Waals surface area contributed by atoms with Crippen molar-refractivity contribution in [3.05, 3.63) is 46.4 Å². The number of aromatic amines is 1. The molecule has 20 heavy (non-hydrogen) atoms. The maximum Gasteiger partial charge on any atom is 0.251 e. The van der Waals surface area contributed by atoms with Crippen molar-refractivity contribution in [2.24, 2.45) is 0 Å². The van der Waals surface area contributed by atoms with Crippen molar-refractivity contribution >= 4 is 0 Å². The fourth-order valence-electron chi connectivity index (χ4n) is 2.79. The topological polar surface area (TPSA) is 55.0 Å². The molecule has 1 N–H and O–H groups in total. The third-order valence-corrected chi connectivity index (χ3v) is 3.90.